The molecule has 0 aromatic rings. The second-order valence-corrected chi connectivity index (χ2v) is 7.26. The molecule has 1 heterocycles. The summed E-state index contributed by atoms with van der Waals surface area (Å²) in [7, 11) is -0.00645. The zero-order valence-electron chi connectivity index (χ0n) is 10.9. The molecule has 0 amide bonds. The largest absolute Gasteiger partial charge is 0.427 e. The van der Waals surface area contributed by atoms with Gasteiger partial charge in [0.15, 0.2) is 0 Å². The molecule has 1 saturated heterocycles. The van der Waals surface area contributed by atoms with Crippen LogP contribution in [0.2, 0.25) is 6.04 Å². The third-order valence-electron chi connectivity index (χ3n) is 3.00. The molecule has 0 radical (unpaired) electrons. The minimum atomic E-state index is -2.01. The molecule has 0 saturated carbocycles. The SMILES string of the molecule is CCO[Si]1(OCC)CCCN1CCCNC. The van der Waals surface area contributed by atoms with Gasteiger partial charge >= 0.3 is 8.72 Å². The van der Waals surface area contributed by atoms with Crippen LogP contribution < -0.4 is 5.32 Å². The van der Waals surface area contributed by atoms with E-state index in [9.17, 15) is 0 Å². The Kier molecular flexibility index (Phi) is 6.53. The van der Waals surface area contributed by atoms with Gasteiger partial charge in [-0.3, -0.25) is 4.57 Å². The lowest BCUT2D eigenvalue weighted by Crippen LogP contribution is -2.55. The Morgan fingerprint density at radius 2 is 1.94 bits per heavy atom. The standard InChI is InChI=1S/C11H26N2O2Si/c1-4-14-16(15-5-2)11-7-10-13(16)9-6-8-12-3/h12H,4-11H2,1-3H3. The van der Waals surface area contributed by atoms with E-state index in [1.807, 2.05) is 7.05 Å². The summed E-state index contributed by atoms with van der Waals surface area (Å²) in [5.41, 5.74) is 0. The van der Waals surface area contributed by atoms with Crippen molar-refractivity contribution in [2.45, 2.75) is 32.7 Å². The van der Waals surface area contributed by atoms with Crippen LogP contribution in [-0.2, 0) is 8.85 Å². The van der Waals surface area contributed by atoms with Crippen LogP contribution >= 0.6 is 0 Å². The molecule has 1 aliphatic rings. The summed E-state index contributed by atoms with van der Waals surface area (Å²) in [5.74, 6) is 0. The molecule has 0 aromatic carbocycles. The first-order valence-electron chi connectivity index (χ1n) is 6.46. The molecular formula is C11H26N2O2Si. The maximum atomic E-state index is 6.00. The fourth-order valence-corrected chi connectivity index (χ4v) is 5.93. The summed E-state index contributed by atoms with van der Waals surface area (Å²) in [4.78, 5) is 0. The molecule has 0 spiro atoms. The third kappa shape index (κ3) is 3.53. The Hall–Kier alpha value is 0.0569. The van der Waals surface area contributed by atoms with Crippen LogP contribution in [0.3, 0.4) is 0 Å². The highest BCUT2D eigenvalue weighted by Crippen LogP contribution is 2.28. The monoisotopic (exact) mass is 246 g/mol. The van der Waals surface area contributed by atoms with Crippen LogP contribution in [0.15, 0.2) is 0 Å². The number of nitrogens with one attached hydrogen (secondary N) is 1. The topological polar surface area (TPSA) is 33.7 Å². The smallest absolute Gasteiger partial charge is 0.383 e. The van der Waals surface area contributed by atoms with Gasteiger partial charge in [-0.15, -0.1) is 0 Å². The molecule has 0 unspecified atom stereocenters. The molecule has 5 heteroatoms. The van der Waals surface area contributed by atoms with Gasteiger partial charge in [0, 0.05) is 19.3 Å². The van der Waals surface area contributed by atoms with Crippen molar-refractivity contribution >= 4 is 8.72 Å². The molecule has 4 nitrogen and oxygen atoms in total. The zero-order valence-corrected chi connectivity index (χ0v) is 11.9. The van der Waals surface area contributed by atoms with Crippen LogP contribution in [0.1, 0.15) is 26.7 Å². The third-order valence-corrected chi connectivity index (χ3v) is 6.87. The van der Waals surface area contributed by atoms with E-state index in [0.717, 1.165) is 38.9 Å². The van der Waals surface area contributed by atoms with E-state index >= 15 is 0 Å². The summed E-state index contributed by atoms with van der Waals surface area (Å²) in [6, 6.07) is 1.13. The Bertz CT molecular complexity index is 187. The zero-order chi connectivity index (χ0) is 11.9. The summed E-state index contributed by atoms with van der Waals surface area (Å²) in [6.07, 6.45) is 2.40. The number of hydrogen-bond acceptors (Lipinski definition) is 4. The van der Waals surface area contributed by atoms with Crippen LogP contribution in [0.4, 0.5) is 0 Å². The maximum absolute atomic E-state index is 6.00. The Balaban J connectivity index is 2.50. The molecule has 1 rings (SSSR count). The predicted molar refractivity (Wildman–Crippen MR) is 68.5 cm³/mol. The molecule has 0 atom stereocenters. The minimum absolute atomic E-state index is 0.773. The lowest BCUT2D eigenvalue weighted by molar-refractivity contribution is 0.136. The highest BCUT2D eigenvalue weighted by Gasteiger charge is 2.48. The van der Waals surface area contributed by atoms with Crippen molar-refractivity contribution in [3.63, 3.8) is 0 Å². The van der Waals surface area contributed by atoms with Crippen LogP contribution in [0.25, 0.3) is 0 Å². The molecule has 1 aliphatic heterocycles. The van der Waals surface area contributed by atoms with Gasteiger partial charge in [-0.05, 0) is 53.4 Å². The first-order chi connectivity index (χ1) is 7.79. The molecule has 1 N–H and O–H groups in total. The summed E-state index contributed by atoms with van der Waals surface area (Å²) in [6.45, 7) is 9.00. The normalized spacial score (nSPS) is 20.4. The van der Waals surface area contributed by atoms with Gasteiger partial charge < -0.3 is 14.2 Å². The molecule has 96 valence electrons. The van der Waals surface area contributed by atoms with E-state index in [4.69, 9.17) is 8.85 Å². The molecule has 0 aromatic heterocycles. The fraction of sp³-hybridized carbons (Fsp3) is 1.00. The van der Waals surface area contributed by atoms with E-state index in [0.29, 0.717) is 0 Å². The van der Waals surface area contributed by atoms with Gasteiger partial charge in [-0.1, -0.05) is 0 Å². The predicted octanol–water partition coefficient (Wildman–Crippen LogP) is 1.31. The van der Waals surface area contributed by atoms with Crippen molar-refractivity contribution in [1.29, 1.82) is 0 Å². The van der Waals surface area contributed by atoms with Gasteiger partial charge in [0.05, 0.1) is 0 Å². The van der Waals surface area contributed by atoms with Crippen molar-refractivity contribution in [3.05, 3.63) is 0 Å². The molecular weight excluding hydrogens is 220 g/mol. The van der Waals surface area contributed by atoms with Crippen LogP contribution in [-0.4, -0.2) is 53.2 Å². The van der Waals surface area contributed by atoms with Crippen molar-refractivity contribution < 1.29 is 8.85 Å². The molecule has 0 bridgehead atoms. The van der Waals surface area contributed by atoms with Gasteiger partial charge in [0.1, 0.15) is 0 Å². The highest BCUT2D eigenvalue weighted by molar-refractivity contribution is 6.65. The van der Waals surface area contributed by atoms with Gasteiger partial charge in [-0.25, -0.2) is 0 Å². The quantitative estimate of drug-likeness (QED) is 0.517. The first kappa shape index (κ1) is 14.1. The second kappa shape index (κ2) is 7.40. The molecule has 0 aliphatic carbocycles. The molecule has 16 heavy (non-hydrogen) atoms. The van der Waals surface area contributed by atoms with E-state index in [1.54, 1.807) is 0 Å². The van der Waals surface area contributed by atoms with E-state index in [1.165, 1.54) is 12.8 Å². The van der Waals surface area contributed by atoms with Crippen molar-refractivity contribution in [1.82, 2.24) is 9.88 Å². The Morgan fingerprint density at radius 1 is 1.25 bits per heavy atom. The number of hydrogen-bond donors (Lipinski definition) is 1. The summed E-state index contributed by atoms with van der Waals surface area (Å²) in [5, 5.41) is 3.19. The van der Waals surface area contributed by atoms with Crippen LogP contribution in [0.5, 0.6) is 0 Å². The lowest BCUT2D eigenvalue weighted by Gasteiger charge is -2.34. The average molecular weight is 246 g/mol. The summed E-state index contributed by atoms with van der Waals surface area (Å²) >= 11 is 0. The minimum Gasteiger partial charge on any atom is -0.383 e. The second-order valence-electron chi connectivity index (χ2n) is 4.13. The Morgan fingerprint density at radius 3 is 2.50 bits per heavy atom. The highest BCUT2D eigenvalue weighted by atomic mass is 28.4. The van der Waals surface area contributed by atoms with Gasteiger partial charge in [0.25, 0.3) is 0 Å². The van der Waals surface area contributed by atoms with E-state index in [2.05, 4.69) is 23.7 Å². The van der Waals surface area contributed by atoms with E-state index < -0.39 is 8.72 Å². The number of nitrogens with zero attached hydrogens (tertiary/aromatic N) is 1. The Labute approximate surface area is 101 Å². The van der Waals surface area contributed by atoms with Crippen molar-refractivity contribution in [3.8, 4) is 0 Å². The first-order valence-corrected chi connectivity index (χ1v) is 8.43. The summed E-state index contributed by atoms with van der Waals surface area (Å²) < 4.78 is 14.5. The fourth-order valence-electron chi connectivity index (χ4n) is 2.37. The molecule has 1 fully saturated rings. The lowest BCUT2D eigenvalue weighted by atomic mass is 10.4. The van der Waals surface area contributed by atoms with Crippen molar-refractivity contribution in [2.75, 3.05) is 39.9 Å². The maximum Gasteiger partial charge on any atom is 0.427 e. The van der Waals surface area contributed by atoms with Gasteiger partial charge in [-0.2, -0.15) is 0 Å². The van der Waals surface area contributed by atoms with Gasteiger partial charge in [0.2, 0.25) is 0 Å². The van der Waals surface area contributed by atoms with Crippen molar-refractivity contribution in [2.24, 2.45) is 0 Å². The van der Waals surface area contributed by atoms with E-state index in [-0.39, 0.29) is 0 Å². The van der Waals surface area contributed by atoms with Crippen LogP contribution in [0, 0.1) is 0 Å². The number of rotatable bonds is 8. The average Bonchev–Trinajstić information content (AvgIpc) is 2.63.